The smallest absolute Gasteiger partial charge is 0.164 e. The predicted molar refractivity (Wildman–Crippen MR) is 69.2 cm³/mol. The van der Waals surface area contributed by atoms with Gasteiger partial charge in [0.15, 0.2) is 5.78 Å². The average molecular weight is 274 g/mol. The highest BCUT2D eigenvalue weighted by Gasteiger charge is 2.37. The Morgan fingerprint density at radius 3 is 2.44 bits per heavy atom. The van der Waals surface area contributed by atoms with Gasteiger partial charge in [-0.3, -0.25) is 4.79 Å². The van der Waals surface area contributed by atoms with Crippen molar-refractivity contribution >= 4 is 15.6 Å². The summed E-state index contributed by atoms with van der Waals surface area (Å²) in [5.74, 6) is 0.0153. The van der Waals surface area contributed by atoms with Gasteiger partial charge >= 0.3 is 0 Å². The summed E-state index contributed by atoms with van der Waals surface area (Å²) in [6.07, 6.45) is 5.71. The van der Waals surface area contributed by atoms with E-state index < -0.39 is 9.84 Å². The van der Waals surface area contributed by atoms with Gasteiger partial charge < -0.3 is 4.74 Å². The number of carbonyl (C=O) groups excluding carboxylic acids is 1. The van der Waals surface area contributed by atoms with Crippen molar-refractivity contribution in [2.45, 2.75) is 62.9 Å². The molecule has 0 amide bonds. The Balaban J connectivity index is 1.98. The minimum Gasteiger partial charge on any atom is -0.367 e. The lowest BCUT2D eigenvalue weighted by molar-refractivity contribution is -0.134. The molecule has 5 heteroatoms. The molecular weight excluding hydrogens is 252 g/mol. The van der Waals surface area contributed by atoms with Crippen LogP contribution in [0.15, 0.2) is 0 Å². The molecule has 0 bridgehead atoms. The molecule has 0 radical (unpaired) electrons. The summed E-state index contributed by atoms with van der Waals surface area (Å²) in [5.41, 5.74) is 0. The molecule has 1 heterocycles. The number of hydrogen-bond acceptors (Lipinski definition) is 4. The van der Waals surface area contributed by atoms with Crippen LogP contribution in [-0.2, 0) is 19.4 Å². The van der Waals surface area contributed by atoms with E-state index in [0.717, 1.165) is 25.7 Å². The van der Waals surface area contributed by atoms with Crippen LogP contribution in [-0.4, -0.2) is 37.9 Å². The summed E-state index contributed by atoms with van der Waals surface area (Å²) in [6, 6.07) is 0. The van der Waals surface area contributed by atoms with Crippen LogP contribution in [0.1, 0.15) is 45.4 Å². The van der Waals surface area contributed by atoms with E-state index in [1.807, 2.05) is 6.92 Å². The van der Waals surface area contributed by atoms with Crippen molar-refractivity contribution in [1.82, 2.24) is 0 Å². The summed E-state index contributed by atoms with van der Waals surface area (Å²) in [5, 5.41) is -0.334. The number of sulfone groups is 1. The van der Waals surface area contributed by atoms with E-state index in [0.29, 0.717) is 12.8 Å². The van der Waals surface area contributed by atoms with E-state index in [9.17, 15) is 13.2 Å². The molecule has 0 aromatic rings. The van der Waals surface area contributed by atoms with Gasteiger partial charge in [0.05, 0.1) is 11.4 Å². The Kier molecular flexibility index (Phi) is 4.11. The maximum atomic E-state index is 12.3. The molecule has 0 aromatic carbocycles. The maximum absolute atomic E-state index is 12.3. The number of ketones is 1. The Morgan fingerprint density at radius 1 is 1.17 bits per heavy atom. The van der Waals surface area contributed by atoms with Crippen LogP contribution in [0.25, 0.3) is 0 Å². The van der Waals surface area contributed by atoms with Crippen LogP contribution >= 0.6 is 0 Å². The van der Waals surface area contributed by atoms with E-state index in [4.69, 9.17) is 4.74 Å². The number of Topliss-reactive ketones (excluding diaryl/α,β-unsaturated/α-hetero) is 1. The third-order valence-corrected chi connectivity index (χ3v) is 5.82. The highest BCUT2D eigenvalue weighted by molar-refractivity contribution is 7.91. The highest BCUT2D eigenvalue weighted by Crippen LogP contribution is 2.32. The molecule has 2 aliphatic rings. The van der Waals surface area contributed by atoms with Crippen LogP contribution in [0.5, 0.6) is 0 Å². The summed E-state index contributed by atoms with van der Waals surface area (Å²) in [7, 11) is -3.02. The van der Waals surface area contributed by atoms with E-state index in [-0.39, 0.29) is 29.2 Å². The van der Waals surface area contributed by atoms with Gasteiger partial charge in [-0.2, -0.15) is 0 Å². The molecule has 2 rings (SSSR count). The Hall–Kier alpha value is -0.420. The molecule has 2 fully saturated rings. The first kappa shape index (κ1) is 14.0. The maximum Gasteiger partial charge on any atom is 0.164 e. The van der Waals surface area contributed by atoms with Crippen LogP contribution in [0, 0.1) is 5.92 Å². The fourth-order valence-corrected chi connectivity index (χ4v) is 4.24. The first-order chi connectivity index (χ1) is 8.38. The minimum absolute atomic E-state index is 0.117. The van der Waals surface area contributed by atoms with Gasteiger partial charge in [-0.15, -0.1) is 0 Å². The van der Waals surface area contributed by atoms with E-state index >= 15 is 0 Å². The molecule has 18 heavy (non-hydrogen) atoms. The first-order valence-electron chi connectivity index (χ1n) is 6.76. The molecule has 104 valence electrons. The third kappa shape index (κ3) is 3.12. The van der Waals surface area contributed by atoms with Gasteiger partial charge in [-0.05, 0) is 39.0 Å². The van der Waals surface area contributed by atoms with Crippen molar-refractivity contribution in [1.29, 1.82) is 0 Å². The second-order valence-corrected chi connectivity index (χ2v) is 8.06. The highest BCUT2D eigenvalue weighted by atomic mass is 32.2. The van der Waals surface area contributed by atoms with Gasteiger partial charge in [0.1, 0.15) is 15.9 Å². The first-order valence-corrected chi connectivity index (χ1v) is 8.71. The van der Waals surface area contributed by atoms with Crippen molar-refractivity contribution in [3.05, 3.63) is 0 Å². The molecule has 4 atom stereocenters. The van der Waals surface area contributed by atoms with E-state index in [2.05, 4.69) is 0 Å². The fraction of sp³-hybridized carbons (Fsp3) is 0.923. The quantitative estimate of drug-likeness (QED) is 0.786. The lowest BCUT2D eigenvalue weighted by Gasteiger charge is -2.28. The number of carbonyl (C=O) groups is 1. The van der Waals surface area contributed by atoms with Crippen molar-refractivity contribution in [2.75, 3.05) is 6.26 Å². The molecule has 0 aromatic heterocycles. The molecule has 4 nitrogen and oxygen atoms in total. The van der Waals surface area contributed by atoms with E-state index in [1.165, 1.54) is 6.26 Å². The molecule has 0 spiro atoms. The zero-order valence-electron chi connectivity index (χ0n) is 11.1. The molecule has 1 saturated carbocycles. The monoisotopic (exact) mass is 274 g/mol. The second kappa shape index (κ2) is 5.29. The standard InChI is InChI=1S/C13H22O4S/c1-9-6-7-12(17-9)13(14)10-4-3-5-11(8-10)18(2,15)16/h9-12H,3-8H2,1-2H3. The van der Waals surface area contributed by atoms with Gasteiger partial charge in [0.25, 0.3) is 0 Å². The van der Waals surface area contributed by atoms with Crippen LogP contribution < -0.4 is 0 Å². The van der Waals surface area contributed by atoms with Gasteiger partial charge in [0.2, 0.25) is 0 Å². The Bertz CT molecular complexity index is 415. The van der Waals surface area contributed by atoms with Crippen LogP contribution in [0.4, 0.5) is 0 Å². The predicted octanol–water partition coefficient (Wildman–Crippen LogP) is 1.73. The summed E-state index contributed by atoms with van der Waals surface area (Å²) in [6.45, 7) is 1.98. The average Bonchev–Trinajstić information content (AvgIpc) is 2.74. The molecule has 1 aliphatic carbocycles. The summed E-state index contributed by atoms with van der Waals surface area (Å²) >= 11 is 0. The third-order valence-electron chi connectivity index (χ3n) is 4.18. The Labute approximate surface area is 109 Å². The van der Waals surface area contributed by atoms with Crippen LogP contribution in [0.3, 0.4) is 0 Å². The van der Waals surface area contributed by atoms with Gasteiger partial charge in [-0.25, -0.2) is 8.42 Å². The summed E-state index contributed by atoms with van der Waals surface area (Å²) in [4.78, 5) is 12.3. The molecule has 1 aliphatic heterocycles. The zero-order valence-corrected chi connectivity index (χ0v) is 11.9. The van der Waals surface area contributed by atoms with Crippen molar-refractivity contribution in [3.63, 3.8) is 0 Å². The number of rotatable bonds is 3. The molecule has 0 N–H and O–H groups in total. The minimum atomic E-state index is -3.02. The molecular formula is C13H22O4S. The normalized spacial score (nSPS) is 37.7. The topological polar surface area (TPSA) is 60.4 Å². The second-order valence-electron chi connectivity index (χ2n) is 5.73. The number of ether oxygens (including phenoxy) is 1. The largest absolute Gasteiger partial charge is 0.367 e. The molecule has 4 unspecified atom stereocenters. The zero-order chi connectivity index (χ0) is 13.3. The van der Waals surface area contributed by atoms with Gasteiger partial charge in [-0.1, -0.05) is 6.42 Å². The SMILES string of the molecule is CC1CCC(C(=O)C2CCCC(S(C)(=O)=O)C2)O1. The van der Waals surface area contributed by atoms with Crippen molar-refractivity contribution in [2.24, 2.45) is 5.92 Å². The van der Waals surface area contributed by atoms with E-state index in [1.54, 1.807) is 0 Å². The Morgan fingerprint density at radius 2 is 1.89 bits per heavy atom. The lowest BCUT2D eigenvalue weighted by Crippen LogP contribution is -2.35. The van der Waals surface area contributed by atoms with Gasteiger partial charge in [0, 0.05) is 12.2 Å². The molecule has 1 saturated heterocycles. The lowest BCUT2D eigenvalue weighted by atomic mass is 9.83. The van der Waals surface area contributed by atoms with Crippen molar-refractivity contribution in [3.8, 4) is 0 Å². The fourth-order valence-electron chi connectivity index (χ4n) is 3.07. The number of hydrogen-bond donors (Lipinski definition) is 0. The van der Waals surface area contributed by atoms with Crippen LogP contribution in [0.2, 0.25) is 0 Å². The summed E-state index contributed by atoms with van der Waals surface area (Å²) < 4.78 is 28.8. The van der Waals surface area contributed by atoms with Crippen molar-refractivity contribution < 1.29 is 17.9 Å².